The van der Waals surface area contributed by atoms with Gasteiger partial charge in [-0.05, 0) is 49.2 Å². The Labute approximate surface area is 183 Å². The van der Waals surface area contributed by atoms with Crippen molar-refractivity contribution in [3.05, 3.63) is 90.5 Å². The van der Waals surface area contributed by atoms with Gasteiger partial charge in [-0.15, -0.1) is 0 Å². The molecule has 6 nitrogen and oxygen atoms in total. The maximum Gasteiger partial charge on any atom is 0.255 e. The number of amides is 1. The van der Waals surface area contributed by atoms with E-state index in [2.05, 4.69) is 10.0 Å². The van der Waals surface area contributed by atoms with Crippen LogP contribution >= 0.6 is 0 Å². The topological polar surface area (TPSA) is 78.5 Å². The van der Waals surface area contributed by atoms with Crippen LogP contribution in [-0.4, -0.2) is 38.4 Å². The molecule has 1 fully saturated rings. The van der Waals surface area contributed by atoms with E-state index < -0.39 is 10.0 Å². The first-order chi connectivity index (χ1) is 15.0. The van der Waals surface area contributed by atoms with E-state index in [0.717, 1.165) is 11.4 Å². The summed E-state index contributed by atoms with van der Waals surface area (Å²) in [6.45, 7) is 1.00. The average molecular weight is 436 g/mol. The quantitative estimate of drug-likeness (QED) is 0.613. The summed E-state index contributed by atoms with van der Waals surface area (Å²) in [6.07, 6.45) is 1.15. The molecule has 0 bridgehead atoms. The monoisotopic (exact) mass is 435 g/mol. The number of nitrogens with one attached hydrogen (secondary N) is 2. The van der Waals surface area contributed by atoms with Crippen LogP contribution in [0.3, 0.4) is 0 Å². The van der Waals surface area contributed by atoms with Crippen molar-refractivity contribution in [3.8, 4) is 0 Å². The number of likely N-dealkylation sites (tertiary alicyclic amines) is 1. The molecule has 1 saturated heterocycles. The van der Waals surface area contributed by atoms with Gasteiger partial charge >= 0.3 is 0 Å². The van der Waals surface area contributed by atoms with Crippen LogP contribution in [-0.2, 0) is 10.0 Å². The van der Waals surface area contributed by atoms with Crippen molar-refractivity contribution in [2.75, 3.05) is 18.4 Å². The molecule has 0 atom stereocenters. The molecule has 0 radical (unpaired) electrons. The van der Waals surface area contributed by atoms with Crippen LogP contribution in [0.2, 0.25) is 0 Å². The summed E-state index contributed by atoms with van der Waals surface area (Å²) in [6, 6.07) is 25.3. The third kappa shape index (κ3) is 5.13. The van der Waals surface area contributed by atoms with Crippen LogP contribution in [0, 0.1) is 0 Å². The molecular formula is C24H25N3O3S. The first-order valence-corrected chi connectivity index (χ1v) is 11.8. The Bertz CT molecular complexity index is 1130. The highest BCUT2D eigenvalue weighted by atomic mass is 32.2. The van der Waals surface area contributed by atoms with Gasteiger partial charge in [-0.3, -0.25) is 4.79 Å². The SMILES string of the molecule is O=C(c1ccccc1Nc1ccccc1)N1CCC(NS(=O)(=O)c2ccccc2)CC1. The summed E-state index contributed by atoms with van der Waals surface area (Å²) >= 11 is 0. The number of piperidine rings is 1. The van der Waals surface area contributed by atoms with E-state index in [1.165, 1.54) is 0 Å². The molecule has 1 heterocycles. The van der Waals surface area contributed by atoms with Crippen LogP contribution in [0.1, 0.15) is 23.2 Å². The lowest BCUT2D eigenvalue weighted by Gasteiger charge is -2.32. The standard InChI is InChI=1S/C24H25N3O3S/c28-24(22-13-7-8-14-23(22)25-19-9-3-1-4-10-19)27-17-15-20(16-18-27)26-31(29,30)21-11-5-2-6-12-21/h1-14,20,25-26H,15-18H2. The number of rotatable bonds is 6. The second-order valence-electron chi connectivity index (χ2n) is 7.54. The molecule has 2 N–H and O–H groups in total. The minimum Gasteiger partial charge on any atom is -0.355 e. The lowest BCUT2D eigenvalue weighted by Crippen LogP contribution is -2.46. The summed E-state index contributed by atoms with van der Waals surface area (Å²) in [5.41, 5.74) is 2.28. The fourth-order valence-corrected chi connectivity index (χ4v) is 5.04. The van der Waals surface area contributed by atoms with Gasteiger partial charge in [-0.25, -0.2) is 13.1 Å². The first kappa shape index (κ1) is 21.1. The lowest BCUT2D eigenvalue weighted by molar-refractivity contribution is 0.0712. The predicted octanol–water partition coefficient (Wildman–Crippen LogP) is 4.01. The van der Waals surface area contributed by atoms with Gasteiger partial charge in [-0.1, -0.05) is 48.5 Å². The van der Waals surface area contributed by atoms with Gasteiger partial charge in [0.1, 0.15) is 0 Å². The molecule has 31 heavy (non-hydrogen) atoms. The third-order valence-electron chi connectivity index (χ3n) is 5.37. The highest BCUT2D eigenvalue weighted by molar-refractivity contribution is 7.89. The van der Waals surface area contributed by atoms with Crippen LogP contribution in [0.15, 0.2) is 89.8 Å². The molecule has 0 aromatic heterocycles. The number of para-hydroxylation sites is 2. The summed E-state index contributed by atoms with van der Waals surface area (Å²) in [5.74, 6) is -0.0524. The Morgan fingerprint density at radius 1 is 0.806 bits per heavy atom. The van der Waals surface area contributed by atoms with Crippen molar-refractivity contribution in [2.45, 2.75) is 23.8 Å². The first-order valence-electron chi connectivity index (χ1n) is 10.3. The number of anilines is 2. The van der Waals surface area contributed by atoms with Gasteiger partial charge < -0.3 is 10.2 Å². The van der Waals surface area contributed by atoms with Crippen LogP contribution in [0.5, 0.6) is 0 Å². The molecular weight excluding hydrogens is 410 g/mol. The number of carbonyl (C=O) groups is 1. The highest BCUT2D eigenvalue weighted by Crippen LogP contribution is 2.24. The summed E-state index contributed by atoms with van der Waals surface area (Å²) in [7, 11) is -3.55. The number of hydrogen-bond donors (Lipinski definition) is 2. The van der Waals surface area contributed by atoms with E-state index in [9.17, 15) is 13.2 Å². The van der Waals surface area contributed by atoms with Gasteiger partial charge in [0.25, 0.3) is 5.91 Å². The third-order valence-corrected chi connectivity index (χ3v) is 6.90. The zero-order valence-corrected chi connectivity index (χ0v) is 17.9. The zero-order chi connectivity index (χ0) is 21.7. The van der Waals surface area contributed by atoms with Gasteiger partial charge in [0.15, 0.2) is 0 Å². The van der Waals surface area contributed by atoms with E-state index in [-0.39, 0.29) is 16.8 Å². The Morgan fingerprint density at radius 3 is 2.06 bits per heavy atom. The second-order valence-corrected chi connectivity index (χ2v) is 9.25. The number of nitrogens with zero attached hydrogens (tertiary/aromatic N) is 1. The normalized spacial score (nSPS) is 14.9. The molecule has 0 saturated carbocycles. The smallest absolute Gasteiger partial charge is 0.255 e. The molecule has 160 valence electrons. The molecule has 3 aromatic rings. The molecule has 4 rings (SSSR count). The van der Waals surface area contributed by atoms with Crippen molar-refractivity contribution in [1.29, 1.82) is 0 Å². The van der Waals surface area contributed by atoms with E-state index in [1.54, 1.807) is 35.2 Å². The fourth-order valence-electron chi connectivity index (χ4n) is 3.71. The minimum atomic E-state index is -3.55. The Balaban J connectivity index is 1.40. The van der Waals surface area contributed by atoms with E-state index in [1.807, 2.05) is 54.6 Å². The molecule has 0 aliphatic carbocycles. The number of benzene rings is 3. The average Bonchev–Trinajstić information content (AvgIpc) is 2.81. The molecule has 3 aromatic carbocycles. The van der Waals surface area contributed by atoms with E-state index >= 15 is 0 Å². The second kappa shape index (κ2) is 9.32. The van der Waals surface area contributed by atoms with E-state index in [4.69, 9.17) is 0 Å². The van der Waals surface area contributed by atoms with Crippen molar-refractivity contribution >= 4 is 27.3 Å². The Kier molecular flexibility index (Phi) is 6.34. The Hall–Kier alpha value is -3.16. The number of carbonyl (C=O) groups excluding carboxylic acids is 1. The maximum atomic E-state index is 13.2. The predicted molar refractivity (Wildman–Crippen MR) is 122 cm³/mol. The molecule has 0 spiro atoms. The van der Waals surface area contributed by atoms with Gasteiger partial charge in [0, 0.05) is 24.8 Å². The number of sulfonamides is 1. The van der Waals surface area contributed by atoms with Crippen molar-refractivity contribution in [2.24, 2.45) is 0 Å². The summed E-state index contributed by atoms with van der Waals surface area (Å²) in [5, 5.41) is 3.31. The molecule has 1 aliphatic heterocycles. The summed E-state index contributed by atoms with van der Waals surface area (Å²) in [4.78, 5) is 15.2. The van der Waals surface area contributed by atoms with Crippen molar-refractivity contribution < 1.29 is 13.2 Å². The minimum absolute atomic E-state index is 0.0524. The molecule has 7 heteroatoms. The fraction of sp³-hybridized carbons (Fsp3) is 0.208. The number of hydrogen-bond acceptors (Lipinski definition) is 4. The largest absolute Gasteiger partial charge is 0.355 e. The van der Waals surface area contributed by atoms with Gasteiger partial charge in [0.2, 0.25) is 10.0 Å². The molecule has 1 aliphatic rings. The molecule has 1 amide bonds. The molecule has 0 unspecified atom stereocenters. The van der Waals surface area contributed by atoms with Crippen molar-refractivity contribution in [3.63, 3.8) is 0 Å². The van der Waals surface area contributed by atoms with Gasteiger partial charge in [0.05, 0.1) is 16.1 Å². The van der Waals surface area contributed by atoms with E-state index in [0.29, 0.717) is 31.5 Å². The maximum absolute atomic E-state index is 13.2. The summed E-state index contributed by atoms with van der Waals surface area (Å²) < 4.78 is 27.9. The van der Waals surface area contributed by atoms with Crippen LogP contribution in [0.4, 0.5) is 11.4 Å². The van der Waals surface area contributed by atoms with Crippen LogP contribution < -0.4 is 10.0 Å². The van der Waals surface area contributed by atoms with Gasteiger partial charge in [-0.2, -0.15) is 0 Å². The zero-order valence-electron chi connectivity index (χ0n) is 17.1. The highest BCUT2D eigenvalue weighted by Gasteiger charge is 2.28. The van der Waals surface area contributed by atoms with Crippen molar-refractivity contribution in [1.82, 2.24) is 9.62 Å². The Morgan fingerprint density at radius 2 is 1.39 bits per heavy atom. The lowest BCUT2D eigenvalue weighted by atomic mass is 10.0. The van der Waals surface area contributed by atoms with Crippen LogP contribution in [0.25, 0.3) is 0 Å².